The first-order valence-electron chi connectivity index (χ1n) is 15.1. The van der Waals surface area contributed by atoms with Gasteiger partial charge in [-0.15, -0.1) is 0 Å². The van der Waals surface area contributed by atoms with Crippen molar-refractivity contribution in [3.05, 3.63) is 147 Å². The molecule has 0 saturated carbocycles. The van der Waals surface area contributed by atoms with Crippen molar-refractivity contribution in [3.63, 3.8) is 0 Å². The molecule has 47 heavy (non-hydrogen) atoms. The third kappa shape index (κ3) is 8.55. The highest BCUT2D eigenvalue weighted by Gasteiger charge is 2.12. The van der Waals surface area contributed by atoms with Gasteiger partial charge in [-0.3, -0.25) is 0 Å². The molecule has 236 valence electrons. The molecule has 5 aromatic rings. The van der Waals surface area contributed by atoms with Gasteiger partial charge in [-0.05, 0) is 95.1 Å². The lowest BCUT2D eigenvalue weighted by Crippen LogP contribution is -2.23. The van der Waals surface area contributed by atoms with Crippen LogP contribution in [0.5, 0.6) is 17.2 Å². The largest absolute Gasteiger partial charge is 0.492 e. The van der Waals surface area contributed by atoms with Crippen LogP contribution in [-0.4, -0.2) is 39.2 Å². The number of esters is 2. The number of anilines is 3. The monoisotopic (exact) mass is 624 g/mol. The molecular formula is C40H36N2O5. The summed E-state index contributed by atoms with van der Waals surface area (Å²) in [6, 6.07) is 39.4. The van der Waals surface area contributed by atoms with E-state index in [9.17, 15) is 9.59 Å². The number of benzene rings is 5. The molecule has 0 amide bonds. The van der Waals surface area contributed by atoms with Crippen LogP contribution in [0.15, 0.2) is 147 Å². The quantitative estimate of drug-likeness (QED) is 0.0739. The standard InChI is InChI=1S/C40H36N2O5/c1-5-39(43)46-37-21-11-31(12-22-37)29-7-15-34(16-8-29)42(27-28-45-36-25-19-33(20-26-36)41(3)4)35-17-9-30(10-18-35)32-13-23-38(24-14-32)47-40(44)6-2/h5-26H,1-2,27-28H2,3-4H3. The second-order valence-electron chi connectivity index (χ2n) is 10.8. The zero-order valence-corrected chi connectivity index (χ0v) is 26.5. The Labute approximate surface area is 275 Å². The van der Waals surface area contributed by atoms with Gasteiger partial charge in [0.05, 0.1) is 6.54 Å². The topological polar surface area (TPSA) is 68.3 Å². The predicted molar refractivity (Wildman–Crippen MR) is 189 cm³/mol. The van der Waals surface area contributed by atoms with Crippen molar-refractivity contribution in [1.82, 2.24) is 0 Å². The van der Waals surface area contributed by atoms with Crippen molar-refractivity contribution < 1.29 is 23.8 Å². The summed E-state index contributed by atoms with van der Waals surface area (Å²) in [5.41, 5.74) is 7.20. The molecular weight excluding hydrogens is 588 g/mol. The molecule has 0 fully saturated rings. The third-order valence-electron chi connectivity index (χ3n) is 7.44. The van der Waals surface area contributed by atoms with Crippen molar-refractivity contribution >= 4 is 29.0 Å². The molecule has 0 N–H and O–H groups in total. The van der Waals surface area contributed by atoms with Gasteiger partial charge >= 0.3 is 11.9 Å². The van der Waals surface area contributed by atoms with Crippen molar-refractivity contribution in [1.29, 1.82) is 0 Å². The average Bonchev–Trinajstić information content (AvgIpc) is 3.11. The Morgan fingerprint density at radius 3 is 1.23 bits per heavy atom. The third-order valence-corrected chi connectivity index (χ3v) is 7.44. The highest BCUT2D eigenvalue weighted by atomic mass is 16.5. The zero-order chi connectivity index (χ0) is 33.2. The molecule has 0 radical (unpaired) electrons. The summed E-state index contributed by atoms with van der Waals surface area (Å²) in [7, 11) is 4.02. The minimum atomic E-state index is -0.491. The maximum absolute atomic E-state index is 11.5. The molecule has 0 unspecified atom stereocenters. The molecule has 0 aromatic heterocycles. The van der Waals surface area contributed by atoms with Crippen LogP contribution in [0, 0.1) is 0 Å². The second-order valence-corrected chi connectivity index (χ2v) is 10.8. The fraction of sp³-hybridized carbons (Fsp3) is 0.100. The highest BCUT2D eigenvalue weighted by molar-refractivity contribution is 5.84. The fourth-order valence-corrected chi connectivity index (χ4v) is 4.92. The molecule has 0 atom stereocenters. The number of ether oxygens (including phenoxy) is 3. The molecule has 0 saturated heterocycles. The van der Waals surface area contributed by atoms with Gasteiger partial charge in [0, 0.05) is 43.3 Å². The molecule has 5 rings (SSSR count). The van der Waals surface area contributed by atoms with E-state index < -0.39 is 11.9 Å². The predicted octanol–water partition coefficient (Wildman–Crippen LogP) is 8.49. The number of nitrogens with zero attached hydrogens (tertiary/aromatic N) is 2. The zero-order valence-electron chi connectivity index (χ0n) is 26.5. The minimum absolute atomic E-state index is 0.466. The van der Waals surface area contributed by atoms with E-state index in [1.807, 2.05) is 62.6 Å². The summed E-state index contributed by atoms with van der Waals surface area (Å²) >= 11 is 0. The van der Waals surface area contributed by atoms with Gasteiger partial charge in [0.1, 0.15) is 23.9 Å². The Morgan fingerprint density at radius 1 is 0.532 bits per heavy atom. The van der Waals surface area contributed by atoms with E-state index in [0.717, 1.165) is 57.2 Å². The van der Waals surface area contributed by atoms with E-state index in [2.05, 4.69) is 71.5 Å². The van der Waals surface area contributed by atoms with Gasteiger partial charge in [0.2, 0.25) is 0 Å². The van der Waals surface area contributed by atoms with Crippen molar-refractivity contribution in [2.75, 3.05) is 37.0 Å². The van der Waals surface area contributed by atoms with Crippen LogP contribution >= 0.6 is 0 Å². The van der Waals surface area contributed by atoms with Gasteiger partial charge in [-0.25, -0.2) is 9.59 Å². The minimum Gasteiger partial charge on any atom is -0.492 e. The highest BCUT2D eigenvalue weighted by Crippen LogP contribution is 2.31. The number of carbonyl (C=O) groups is 2. The Bertz CT molecular complexity index is 1700. The van der Waals surface area contributed by atoms with Gasteiger partial charge in [0.25, 0.3) is 0 Å². The lowest BCUT2D eigenvalue weighted by atomic mass is 10.0. The van der Waals surface area contributed by atoms with Crippen molar-refractivity contribution in [2.24, 2.45) is 0 Å². The Hall–Kier alpha value is -6.08. The summed E-state index contributed by atoms with van der Waals surface area (Å²) in [6.45, 7) is 7.96. The van der Waals surface area contributed by atoms with Crippen molar-refractivity contribution in [3.8, 4) is 39.5 Å². The molecule has 5 aromatic carbocycles. The molecule has 0 spiro atoms. The van der Waals surface area contributed by atoms with E-state index >= 15 is 0 Å². The van der Waals surface area contributed by atoms with E-state index in [1.54, 1.807) is 24.3 Å². The summed E-state index contributed by atoms with van der Waals surface area (Å²) in [5.74, 6) is 0.760. The van der Waals surface area contributed by atoms with Gasteiger partial charge in [-0.2, -0.15) is 0 Å². The summed E-state index contributed by atoms with van der Waals surface area (Å²) in [4.78, 5) is 27.3. The fourth-order valence-electron chi connectivity index (χ4n) is 4.92. The maximum Gasteiger partial charge on any atom is 0.335 e. The van der Waals surface area contributed by atoms with Crippen LogP contribution in [0.2, 0.25) is 0 Å². The lowest BCUT2D eigenvalue weighted by Gasteiger charge is -2.26. The molecule has 0 aliphatic carbocycles. The summed E-state index contributed by atoms with van der Waals surface area (Å²) in [5, 5.41) is 0. The Kier molecular flexibility index (Phi) is 10.5. The smallest absolute Gasteiger partial charge is 0.335 e. The molecule has 0 heterocycles. The molecule has 7 nitrogen and oxygen atoms in total. The van der Waals surface area contributed by atoms with Crippen molar-refractivity contribution in [2.45, 2.75) is 0 Å². The number of carbonyl (C=O) groups excluding carboxylic acids is 2. The van der Waals surface area contributed by atoms with Gasteiger partial charge in [-0.1, -0.05) is 61.7 Å². The van der Waals surface area contributed by atoms with E-state index in [1.165, 1.54) is 0 Å². The van der Waals surface area contributed by atoms with Crippen LogP contribution in [0.3, 0.4) is 0 Å². The Morgan fingerprint density at radius 2 is 0.872 bits per heavy atom. The maximum atomic E-state index is 11.5. The van der Waals surface area contributed by atoms with E-state index in [4.69, 9.17) is 14.2 Å². The first-order chi connectivity index (χ1) is 22.8. The second kappa shape index (κ2) is 15.3. The number of hydrogen-bond acceptors (Lipinski definition) is 7. The average molecular weight is 625 g/mol. The molecule has 7 heteroatoms. The van der Waals surface area contributed by atoms with Crippen LogP contribution < -0.4 is 24.0 Å². The Balaban J connectivity index is 1.35. The van der Waals surface area contributed by atoms with Crippen LogP contribution in [0.25, 0.3) is 22.3 Å². The number of hydrogen-bond donors (Lipinski definition) is 0. The van der Waals surface area contributed by atoms with E-state index in [-0.39, 0.29) is 0 Å². The van der Waals surface area contributed by atoms with E-state index in [0.29, 0.717) is 24.7 Å². The first-order valence-corrected chi connectivity index (χ1v) is 15.1. The first kappa shape index (κ1) is 32.3. The van der Waals surface area contributed by atoms with Crippen LogP contribution in [0.1, 0.15) is 0 Å². The molecule has 0 bridgehead atoms. The molecule has 0 aliphatic heterocycles. The molecule has 0 aliphatic rings. The number of rotatable bonds is 13. The van der Waals surface area contributed by atoms with Crippen LogP contribution in [0.4, 0.5) is 17.1 Å². The van der Waals surface area contributed by atoms with Gasteiger partial charge < -0.3 is 24.0 Å². The summed E-state index contributed by atoms with van der Waals surface area (Å²) < 4.78 is 16.6. The SMILES string of the molecule is C=CC(=O)Oc1ccc(-c2ccc(N(CCOc3ccc(N(C)C)cc3)c3ccc(-c4ccc(OC(=O)C=C)cc4)cc3)cc2)cc1. The normalized spacial score (nSPS) is 10.4. The van der Waals surface area contributed by atoms with Crippen LogP contribution in [-0.2, 0) is 9.59 Å². The lowest BCUT2D eigenvalue weighted by molar-refractivity contribution is -0.129. The summed E-state index contributed by atoms with van der Waals surface area (Å²) in [6.07, 6.45) is 2.28. The van der Waals surface area contributed by atoms with Gasteiger partial charge in [0.15, 0.2) is 0 Å².